The maximum absolute atomic E-state index is 9.52. The normalized spacial score (nSPS) is 10.9. The first kappa shape index (κ1) is 12.8. The number of phenolic OH excluding ortho intramolecular Hbond substituents is 1. The van der Waals surface area contributed by atoms with E-state index in [-0.39, 0.29) is 5.75 Å². The van der Waals surface area contributed by atoms with Gasteiger partial charge in [-0.15, -0.1) is 11.3 Å². The number of nitrogens with zero attached hydrogens (tertiary/aromatic N) is 3. The van der Waals surface area contributed by atoms with Crippen LogP contribution in [0.5, 0.6) is 5.75 Å². The van der Waals surface area contributed by atoms with E-state index < -0.39 is 0 Å². The van der Waals surface area contributed by atoms with E-state index in [1.807, 2.05) is 25.3 Å². The minimum absolute atomic E-state index is 0.256. The highest BCUT2D eigenvalue weighted by molar-refractivity contribution is 7.09. The van der Waals surface area contributed by atoms with E-state index in [0.29, 0.717) is 18.1 Å². The van der Waals surface area contributed by atoms with Crippen molar-refractivity contribution in [2.24, 2.45) is 0 Å². The molecule has 6 heteroatoms. The van der Waals surface area contributed by atoms with Crippen molar-refractivity contribution in [3.05, 3.63) is 45.7 Å². The van der Waals surface area contributed by atoms with Gasteiger partial charge in [0.25, 0.3) is 5.89 Å². The molecule has 0 spiro atoms. The molecule has 2 heterocycles. The Balaban J connectivity index is 1.84. The predicted octanol–water partition coefficient (Wildman–Crippen LogP) is 3.11. The number of hydrogen-bond acceptors (Lipinski definition) is 6. The minimum Gasteiger partial charge on any atom is -0.508 e. The Morgan fingerprint density at radius 3 is 2.80 bits per heavy atom. The van der Waals surface area contributed by atoms with E-state index >= 15 is 0 Å². The van der Waals surface area contributed by atoms with Crippen molar-refractivity contribution >= 4 is 11.3 Å². The number of aromatic nitrogens is 3. The summed E-state index contributed by atoms with van der Waals surface area (Å²) in [4.78, 5) is 8.74. The van der Waals surface area contributed by atoms with Crippen molar-refractivity contribution < 1.29 is 9.63 Å². The number of aromatic hydroxyl groups is 1. The van der Waals surface area contributed by atoms with Crippen molar-refractivity contribution in [1.29, 1.82) is 0 Å². The second kappa shape index (κ2) is 5.05. The average Bonchev–Trinajstić information content (AvgIpc) is 3.03. The van der Waals surface area contributed by atoms with Crippen molar-refractivity contribution in [3.63, 3.8) is 0 Å². The van der Waals surface area contributed by atoms with Gasteiger partial charge in [-0.05, 0) is 37.6 Å². The zero-order valence-electron chi connectivity index (χ0n) is 11.1. The van der Waals surface area contributed by atoms with Gasteiger partial charge in [0.05, 0.1) is 17.1 Å². The Labute approximate surface area is 119 Å². The molecule has 3 rings (SSSR count). The lowest BCUT2D eigenvalue weighted by Gasteiger charge is -1.99. The zero-order chi connectivity index (χ0) is 14.1. The third-order valence-electron chi connectivity index (χ3n) is 2.92. The monoisotopic (exact) mass is 287 g/mol. The maximum Gasteiger partial charge on any atom is 0.257 e. The molecule has 0 unspecified atom stereocenters. The van der Waals surface area contributed by atoms with Crippen LogP contribution in [0.1, 0.15) is 22.1 Å². The van der Waals surface area contributed by atoms with Gasteiger partial charge in [-0.3, -0.25) is 0 Å². The number of benzene rings is 1. The molecule has 5 nitrogen and oxygen atoms in total. The molecule has 0 fully saturated rings. The van der Waals surface area contributed by atoms with Crippen LogP contribution in [-0.4, -0.2) is 20.2 Å². The molecule has 0 aliphatic rings. The van der Waals surface area contributed by atoms with Crippen LogP contribution in [0.4, 0.5) is 0 Å². The molecule has 0 saturated carbocycles. The van der Waals surface area contributed by atoms with Crippen LogP contribution in [0.25, 0.3) is 11.5 Å². The first-order chi connectivity index (χ1) is 9.61. The number of aryl methyl sites for hydroxylation is 2. The summed E-state index contributed by atoms with van der Waals surface area (Å²) in [5, 5.41) is 16.5. The number of phenols is 1. The van der Waals surface area contributed by atoms with Crippen LogP contribution in [0, 0.1) is 13.8 Å². The summed E-state index contributed by atoms with van der Waals surface area (Å²) in [5.41, 5.74) is 2.52. The average molecular weight is 287 g/mol. The van der Waals surface area contributed by atoms with Crippen LogP contribution in [0.3, 0.4) is 0 Å². The van der Waals surface area contributed by atoms with E-state index in [1.165, 1.54) is 0 Å². The summed E-state index contributed by atoms with van der Waals surface area (Å²) >= 11 is 1.61. The van der Waals surface area contributed by atoms with Crippen LogP contribution < -0.4 is 0 Å². The lowest BCUT2D eigenvalue weighted by molar-refractivity contribution is 0.423. The quantitative estimate of drug-likeness (QED) is 0.801. The highest BCUT2D eigenvalue weighted by atomic mass is 32.1. The van der Waals surface area contributed by atoms with E-state index in [1.54, 1.807) is 23.5 Å². The molecular weight excluding hydrogens is 274 g/mol. The predicted molar refractivity (Wildman–Crippen MR) is 75.8 cm³/mol. The molecule has 0 radical (unpaired) electrons. The van der Waals surface area contributed by atoms with Crippen LogP contribution in [0.2, 0.25) is 0 Å². The lowest BCUT2D eigenvalue weighted by atomic mass is 10.1. The van der Waals surface area contributed by atoms with E-state index in [9.17, 15) is 5.11 Å². The summed E-state index contributed by atoms with van der Waals surface area (Å²) in [7, 11) is 0. The first-order valence-electron chi connectivity index (χ1n) is 6.15. The Morgan fingerprint density at radius 1 is 1.25 bits per heavy atom. The SMILES string of the molecule is Cc1nc(Cc2noc(-c3ccc(O)c(C)c3)n2)cs1. The molecule has 0 atom stereocenters. The first-order valence-corrected chi connectivity index (χ1v) is 7.03. The topological polar surface area (TPSA) is 72.0 Å². The molecule has 0 bridgehead atoms. The standard InChI is InChI=1S/C14H13N3O2S/c1-8-5-10(3-4-12(8)18)14-16-13(17-19-14)6-11-7-20-9(2)15-11/h3-5,7,18H,6H2,1-2H3. The van der Waals surface area contributed by atoms with Gasteiger partial charge in [0.15, 0.2) is 5.82 Å². The minimum atomic E-state index is 0.256. The van der Waals surface area contributed by atoms with Gasteiger partial charge in [0.2, 0.25) is 0 Å². The van der Waals surface area contributed by atoms with Gasteiger partial charge in [0.1, 0.15) is 5.75 Å². The van der Waals surface area contributed by atoms with Gasteiger partial charge in [0, 0.05) is 10.9 Å². The van der Waals surface area contributed by atoms with Crippen LogP contribution in [-0.2, 0) is 6.42 Å². The van der Waals surface area contributed by atoms with Crippen molar-refractivity contribution in [1.82, 2.24) is 15.1 Å². The summed E-state index contributed by atoms with van der Waals surface area (Å²) in [6.45, 7) is 3.79. The van der Waals surface area contributed by atoms with Crippen LogP contribution >= 0.6 is 11.3 Å². The molecular formula is C14H13N3O2S. The summed E-state index contributed by atoms with van der Waals surface area (Å²) in [6, 6.07) is 5.20. The maximum atomic E-state index is 9.52. The fraction of sp³-hybridized carbons (Fsp3) is 0.214. The van der Waals surface area contributed by atoms with Gasteiger partial charge in [-0.1, -0.05) is 5.16 Å². The summed E-state index contributed by atoms with van der Waals surface area (Å²) < 4.78 is 5.26. The Hall–Kier alpha value is -2.21. The molecule has 0 amide bonds. The zero-order valence-corrected chi connectivity index (χ0v) is 11.9. The highest BCUT2D eigenvalue weighted by Crippen LogP contribution is 2.24. The van der Waals surface area contributed by atoms with Crippen molar-refractivity contribution in [2.75, 3.05) is 0 Å². The van der Waals surface area contributed by atoms with E-state index in [0.717, 1.165) is 21.8 Å². The Kier molecular flexibility index (Phi) is 3.23. The fourth-order valence-corrected chi connectivity index (χ4v) is 2.50. The van der Waals surface area contributed by atoms with E-state index in [2.05, 4.69) is 15.1 Å². The Morgan fingerprint density at radius 2 is 2.10 bits per heavy atom. The third-order valence-corrected chi connectivity index (χ3v) is 3.74. The Bertz CT molecular complexity index is 748. The van der Waals surface area contributed by atoms with Crippen molar-refractivity contribution in [3.8, 4) is 17.2 Å². The van der Waals surface area contributed by atoms with Gasteiger partial charge in [-0.25, -0.2) is 4.98 Å². The molecule has 102 valence electrons. The molecule has 3 aromatic rings. The third kappa shape index (κ3) is 2.55. The second-order valence-electron chi connectivity index (χ2n) is 4.55. The largest absolute Gasteiger partial charge is 0.508 e. The van der Waals surface area contributed by atoms with Crippen LogP contribution in [0.15, 0.2) is 28.1 Å². The summed E-state index contributed by atoms with van der Waals surface area (Å²) in [6.07, 6.45) is 0.560. The van der Waals surface area contributed by atoms with E-state index in [4.69, 9.17) is 4.52 Å². The fourth-order valence-electron chi connectivity index (χ4n) is 1.88. The molecule has 20 heavy (non-hydrogen) atoms. The van der Waals surface area contributed by atoms with Crippen molar-refractivity contribution in [2.45, 2.75) is 20.3 Å². The van der Waals surface area contributed by atoms with Gasteiger partial charge >= 0.3 is 0 Å². The molecule has 2 aromatic heterocycles. The smallest absolute Gasteiger partial charge is 0.257 e. The molecule has 0 aliphatic heterocycles. The number of hydrogen-bond donors (Lipinski definition) is 1. The molecule has 0 saturated heterocycles. The summed E-state index contributed by atoms with van der Waals surface area (Å²) in [5.74, 6) is 1.32. The molecule has 0 aliphatic carbocycles. The number of rotatable bonds is 3. The lowest BCUT2D eigenvalue weighted by Crippen LogP contribution is -1.91. The molecule has 1 N–H and O–H groups in total. The second-order valence-corrected chi connectivity index (χ2v) is 5.61. The molecule has 1 aromatic carbocycles. The highest BCUT2D eigenvalue weighted by Gasteiger charge is 2.11. The van der Waals surface area contributed by atoms with Gasteiger partial charge < -0.3 is 9.63 Å². The number of thiazole rings is 1. The van der Waals surface area contributed by atoms with Gasteiger partial charge in [-0.2, -0.15) is 4.98 Å².